The number of aromatic amines is 2. The number of pyridine rings is 2. The molecule has 0 fully saturated rings. The number of amides is 1. The van der Waals surface area contributed by atoms with E-state index < -0.39 is 0 Å². The molecule has 37 heavy (non-hydrogen) atoms. The number of carbonyl (C=O) groups excluding carboxylic acids is 1. The summed E-state index contributed by atoms with van der Waals surface area (Å²) >= 11 is 0. The van der Waals surface area contributed by atoms with Crippen LogP contribution >= 0.6 is 0 Å². The first kappa shape index (κ1) is 22.6. The minimum Gasteiger partial charge on any atom is -0.338 e. The predicted molar refractivity (Wildman–Crippen MR) is 143 cm³/mol. The van der Waals surface area contributed by atoms with Crippen molar-refractivity contribution in [3.8, 4) is 33.6 Å². The summed E-state index contributed by atoms with van der Waals surface area (Å²) in [5, 5.41) is 12.5. The van der Waals surface area contributed by atoms with Gasteiger partial charge in [0, 0.05) is 35.2 Å². The van der Waals surface area contributed by atoms with E-state index in [1.54, 1.807) is 30.7 Å². The van der Waals surface area contributed by atoms with Crippen LogP contribution in [-0.4, -0.2) is 31.1 Å². The first-order valence-corrected chi connectivity index (χ1v) is 12.1. The predicted octanol–water partition coefficient (Wildman–Crippen LogP) is 6.71. The van der Waals surface area contributed by atoms with Gasteiger partial charge in [0.15, 0.2) is 0 Å². The van der Waals surface area contributed by atoms with Crippen LogP contribution in [0.4, 0.5) is 10.1 Å². The molecule has 182 valence electrons. The Bertz CT molecular complexity index is 1750. The third-order valence-corrected chi connectivity index (χ3v) is 6.34. The van der Waals surface area contributed by atoms with Gasteiger partial charge in [-0.2, -0.15) is 5.10 Å². The van der Waals surface area contributed by atoms with Crippen LogP contribution in [0.2, 0.25) is 0 Å². The molecule has 0 aliphatic carbocycles. The molecule has 0 aliphatic heterocycles. The van der Waals surface area contributed by atoms with E-state index >= 15 is 0 Å². The molecule has 4 aromatic heterocycles. The number of benzene rings is 2. The lowest BCUT2D eigenvalue weighted by atomic mass is 10.0. The number of nitrogens with one attached hydrogen (secondary N) is 3. The topological polar surface area (TPSA) is 99.3 Å². The Morgan fingerprint density at radius 1 is 0.946 bits per heavy atom. The summed E-state index contributed by atoms with van der Waals surface area (Å²) in [4.78, 5) is 24.2. The molecular weight excluding hydrogens is 467 g/mol. The number of H-pyrrole nitrogens is 2. The lowest BCUT2D eigenvalue weighted by Gasteiger charge is -2.07. The van der Waals surface area contributed by atoms with Crippen LogP contribution in [0.15, 0.2) is 79.3 Å². The maximum Gasteiger partial charge on any atom is 0.224 e. The maximum absolute atomic E-state index is 13.5. The summed E-state index contributed by atoms with van der Waals surface area (Å²) in [7, 11) is 0. The molecule has 0 saturated heterocycles. The van der Waals surface area contributed by atoms with Gasteiger partial charge in [-0.25, -0.2) is 9.37 Å². The molecule has 0 saturated carbocycles. The van der Waals surface area contributed by atoms with Crippen molar-refractivity contribution >= 4 is 33.5 Å². The number of halogens is 1. The van der Waals surface area contributed by atoms with E-state index in [1.807, 2.05) is 37.3 Å². The fraction of sp³-hybridized carbons (Fsp3) is 0.103. The third-order valence-electron chi connectivity index (χ3n) is 6.34. The van der Waals surface area contributed by atoms with Crippen LogP contribution in [0.5, 0.6) is 0 Å². The first-order chi connectivity index (χ1) is 18.1. The van der Waals surface area contributed by atoms with Crippen LogP contribution in [-0.2, 0) is 4.79 Å². The quantitative estimate of drug-likeness (QED) is 0.241. The van der Waals surface area contributed by atoms with Gasteiger partial charge in [-0.05, 0) is 65.6 Å². The standard InChI is InChI=1S/C29H23FN6O/c1-2-3-27(37)33-21-12-19(15-31-16-21)18-6-9-25-24(13-18)28(36-35-25)26-14-23-22(10-11-32-29(23)34-26)17-4-7-20(30)8-5-17/h4-16H,2-3H2,1H3,(H,32,34)(H,33,37)(H,35,36). The van der Waals surface area contributed by atoms with E-state index in [-0.39, 0.29) is 11.7 Å². The number of hydrogen-bond acceptors (Lipinski definition) is 4. The van der Waals surface area contributed by atoms with Gasteiger partial charge < -0.3 is 10.3 Å². The normalized spacial score (nSPS) is 11.3. The molecule has 4 heterocycles. The molecule has 0 bridgehead atoms. The molecule has 0 spiro atoms. The Labute approximate surface area is 211 Å². The second-order valence-electron chi connectivity index (χ2n) is 8.90. The van der Waals surface area contributed by atoms with Crippen LogP contribution in [0.3, 0.4) is 0 Å². The zero-order chi connectivity index (χ0) is 25.4. The highest BCUT2D eigenvalue weighted by molar-refractivity contribution is 6.00. The van der Waals surface area contributed by atoms with E-state index in [0.717, 1.165) is 62.0 Å². The fourth-order valence-corrected chi connectivity index (χ4v) is 4.55. The van der Waals surface area contributed by atoms with Crippen molar-refractivity contribution in [3.05, 3.63) is 85.1 Å². The van der Waals surface area contributed by atoms with Crippen LogP contribution in [0.1, 0.15) is 19.8 Å². The Balaban J connectivity index is 1.40. The van der Waals surface area contributed by atoms with Gasteiger partial charge in [-0.15, -0.1) is 0 Å². The molecule has 1 amide bonds. The number of rotatable bonds is 6. The van der Waals surface area contributed by atoms with E-state index in [2.05, 4.69) is 36.5 Å². The minimum atomic E-state index is -0.272. The largest absolute Gasteiger partial charge is 0.338 e. The van der Waals surface area contributed by atoms with Gasteiger partial charge in [-0.3, -0.25) is 14.9 Å². The number of anilines is 1. The van der Waals surface area contributed by atoms with E-state index in [4.69, 9.17) is 0 Å². The first-order valence-electron chi connectivity index (χ1n) is 12.1. The molecule has 0 radical (unpaired) electrons. The molecule has 6 aromatic rings. The minimum absolute atomic E-state index is 0.0264. The monoisotopic (exact) mass is 490 g/mol. The Kier molecular flexibility index (Phi) is 5.69. The van der Waals surface area contributed by atoms with Crippen molar-refractivity contribution < 1.29 is 9.18 Å². The molecule has 0 atom stereocenters. The van der Waals surface area contributed by atoms with Gasteiger partial charge in [0.2, 0.25) is 5.91 Å². The van der Waals surface area contributed by atoms with E-state index in [0.29, 0.717) is 12.1 Å². The zero-order valence-corrected chi connectivity index (χ0v) is 20.0. The number of aromatic nitrogens is 5. The molecule has 2 aromatic carbocycles. The molecule has 3 N–H and O–H groups in total. The number of hydrogen-bond donors (Lipinski definition) is 3. The van der Waals surface area contributed by atoms with Crippen molar-refractivity contribution in [2.24, 2.45) is 0 Å². The van der Waals surface area contributed by atoms with Crippen molar-refractivity contribution in [1.29, 1.82) is 0 Å². The van der Waals surface area contributed by atoms with Crippen LogP contribution < -0.4 is 5.32 Å². The summed E-state index contributed by atoms with van der Waals surface area (Å²) in [6.07, 6.45) is 6.42. The van der Waals surface area contributed by atoms with Crippen molar-refractivity contribution in [3.63, 3.8) is 0 Å². The number of fused-ring (bicyclic) bond motifs is 2. The summed E-state index contributed by atoms with van der Waals surface area (Å²) in [5.74, 6) is -0.298. The SMILES string of the molecule is CCCC(=O)Nc1cncc(-c2ccc3[nH]nc(-c4cc5c(-c6ccc(F)cc6)ccnc5[nH]4)c3c2)c1. The summed E-state index contributed by atoms with van der Waals surface area (Å²) in [6.45, 7) is 1.97. The van der Waals surface area contributed by atoms with Gasteiger partial charge in [0.05, 0.1) is 23.1 Å². The smallest absolute Gasteiger partial charge is 0.224 e. The Morgan fingerprint density at radius 2 is 1.78 bits per heavy atom. The van der Waals surface area contributed by atoms with Crippen LogP contribution in [0.25, 0.3) is 55.6 Å². The highest BCUT2D eigenvalue weighted by Crippen LogP contribution is 2.34. The second-order valence-corrected chi connectivity index (χ2v) is 8.90. The van der Waals surface area contributed by atoms with Gasteiger partial charge in [-0.1, -0.05) is 25.1 Å². The lowest BCUT2D eigenvalue weighted by Crippen LogP contribution is -2.10. The van der Waals surface area contributed by atoms with Gasteiger partial charge in [0.1, 0.15) is 17.2 Å². The van der Waals surface area contributed by atoms with Gasteiger partial charge in [0.25, 0.3) is 0 Å². The number of carbonyl (C=O) groups is 1. The van der Waals surface area contributed by atoms with Crippen molar-refractivity contribution in [1.82, 2.24) is 25.1 Å². The number of nitrogens with zero attached hydrogens (tertiary/aromatic N) is 3. The molecule has 0 unspecified atom stereocenters. The maximum atomic E-state index is 13.5. The highest BCUT2D eigenvalue weighted by atomic mass is 19.1. The van der Waals surface area contributed by atoms with E-state index in [1.165, 1.54) is 12.1 Å². The zero-order valence-electron chi connectivity index (χ0n) is 20.0. The van der Waals surface area contributed by atoms with Crippen molar-refractivity contribution in [2.75, 3.05) is 5.32 Å². The average molecular weight is 491 g/mol. The average Bonchev–Trinajstić information content (AvgIpc) is 3.53. The highest BCUT2D eigenvalue weighted by Gasteiger charge is 2.15. The lowest BCUT2D eigenvalue weighted by molar-refractivity contribution is -0.116. The van der Waals surface area contributed by atoms with Crippen LogP contribution in [0, 0.1) is 5.82 Å². The summed E-state index contributed by atoms with van der Waals surface area (Å²) in [6, 6.07) is 18.3. The molecule has 0 aliphatic rings. The third kappa shape index (κ3) is 4.33. The Hall–Kier alpha value is -4.85. The van der Waals surface area contributed by atoms with Crippen molar-refractivity contribution in [2.45, 2.75) is 19.8 Å². The van der Waals surface area contributed by atoms with E-state index in [9.17, 15) is 9.18 Å². The molecule has 8 heteroatoms. The molecule has 6 rings (SSSR count). The summed E-state index contributed by atoms with van der Waals surface area (Å²) in [5.41, 5.74) is 7.58. The summed E-state index contributed by atoms with van der Waals surface area (Å²) < 4.78 is 13.5. The fourth-order valence-electron chi connectivity index (χ4n) is 4.55. The van der Waals surface area contributed by atoms with Gasteiger partial charge >= 0.3 is 0 Å². The Morgan fingerprint density at radius 3 is 2.62 bits per heavy atom. The second kappa shape index (κ2) is 9.31. The molecular formula is C29H23FN6O. The molecule has 7 nitrogen and oxygen atoms in total.